The highest BCUT2D eigenvalue weighted by Crippen LogP contribution is 2.33. The molecule has 2 saturated heterocycles. The van der Waals surface area contributed by atoms with Crippen molar-refractivity contribution in [2.24, 2.45) is 0 Å². The maximum absolute atomic E-state index is 11.6. The molecule has 0 aromatic heterocycles. The standard InChI is InChI=1S/C18H25NO6/c1-10-7-5-6-8-12(10)23-17-14(19-11(2)20)15(21)16-13(24-17)9-22-18(3,4)25-16/h5-8,13-17,21H,9H2,1-4H3,(H,19,20)/t13-,14-,15-,16-,17-/m1/s1. The molecular formula is C18H25NO6. The van der Waals surface area contributed by atoms with Gasteiger partial charge in [-0.3, -0.25) is 4.79 Å². The molecule has 3 rings (SSSR count). The summed E-state index contributed by atoms with van der Waals surface area (Å²) < 4.78 is 23.4. The molecule has 2 aliphatic rings. The first kappa shape index (κ1) is 18.1. The molecule has 0 bridgehead atoms. The number of para-hydroxylation sites is 1. The molecule has 2 aliphatic heterocycles. The van der Waals surface area contributed by atoms with Crippen molar-refractivity contribution in [3.05, 3.63) is 29.8 Å². The van der Waals surface area contributed by atoms with Gasteiger partial charge in [0.25, 0.3) is 0 Å². The molecule has 1 aromatic carbocycles. The summed E-state index contributed by atoms with van der Waals surface area (Å²) in [4.78, 5) is 11.6. The summed E-state index contributed by atoms with van der Waals surface area (Å²) in [6.45, 7) is 7.13. The number of nitrogens with one attached hydrogen (secondary N) is 1. The van der Waals surface area contributed by atoms with Crippen LogP contribution in [-0.2, 0) is 19.0 Å². The minimum absolute atomic E-state index is 0.273. The summed E-state index contributed by atoms with van der Waals surface area (Å²) in [7, 11) is 0. The zero-order valence-electron chi connectivity index (χ0n) is 14.9. The van der Waals surface area contributed by atoms with Crippen LogP contribution in [0.3, 0.4) is 0 Å². The first-order valence-electron chi connectivity index (χ1n) is 8.41. The van der Waals surface area contributed by atoms with E-state index >= 15 is 0 Å². The largest absolute Gasteiger partial charge is 0.462 e. The molecule has 7 nitrogen and oxygen atoms in total. The summed E-state index contributed by atoms with van der Waals surface area (Å²) in [5, 5.41) is 13.5. The summed E-state index contributed by atoms with van der Waals surface area (Å²) in [6.07, 6.45) is -2.94. The number of hydrogen-bond acceptors (Lipinski definition) is 6. The maximum Gasteiger partial charge on any atom is 0.223 e. The van der Waals surface area contributed by atoms with Crippen LogP contribution in [0.4, 0.5) is 0 Å². The molecule has 25 heavy (non-hydrogen) atoms. The van der Waals surface area contributed by atoms with E-state index in [1.165, 1.54) is 6.92 Å². The Balaban J connectivity index is 1.83. The van der Waals surface area contributed by atoms with Crippen LogP contribution in [0, 0.1) is 6.92 Å². The van der Waals surface area contributed by atoms with E-state index in [0.29, 0.717) is 5.75 Å². The van der Waals surface area contributed by atoms with Gasteiger partial charge in [-0.1, -0.05) is 18.2 Å². The van der Waals surface area contributed by atoms with Crippen molar-refractivity contribution in [2.45, 2.75) is 64.1 Å². The molecule has 0 radical (unpaired) electrons. The second-order valence-corrected chi connectivity index (χ2v) is 6.94. The lowest BCUT2D eigenvalue weighted by atomic mass is 9.95. The first-order valence-corrected chi connectivity index (χ1v) is 8.41. The number of amides is 1. The van der Waals surface area contributed by atoms with Crippen LogP contribution in [0.1, 0.15) is 26.3 Å². The monoisotopic (exact) mass is 351 g/mol. The third-order valence-electron chi connectivity index (χ3n) is 4.39. The highest BCUT2D eigenvalue weighted by Gasteiger charge is 2.52. The molecule has 7 heteroatoms. The second kappa shape index (κ2) is 6.92. The fourth-order valence-electron chi connectivity index (χ4n) is 3.15. The third kappa shape index (κ3) is 3.95. The number of benzene rings is 1. The number of aliphatic hydroxyl groups excluding tert-OH is 1. The van der Waals surface area contributed by atoms with E-state index in [1.54, 1.807) is 13.8 Å². The topological polar surface area (TPSA) is 86.3 Å². The van der Waals surface area contributed by atoms with E-state index in [1.807, 2.05) is 31.2 Å². The molecule has 0 unspecified atom stereocenters. The molecule has 0 aliphatic carbocycles. The van der Waals surface area contributed by atoms with Gasteiger partial charge in [0, 0.05) is 6.92 Å². The van der Waals surface area contributed by atoms with Crippen molar-refractivity contribution < 1.29 is 28.8 Å². The van der Waals surface area contributed by atoms with Crippen LogP contribution in [0.2, 0.25) is 0 Å². The Hall–Kier alpha value is -1.67. The minimum atomic E-state index is -0.986. The highest BCUT2D eigenvalue weighted by atomic mass is 16.8. The van der Waals surface area contributed by atoms with E-state index < -0.39 is 36.4 Å². The molecule has 1 amide bonds. The van der Waals surface area contributed by atoms with Crippen LogP contribution < -0.4 is 10.1 Å². The van der Waals surface area contributed by atoms with Gasteiger partial charge in [0.05, 0.1) is 6.61 Å². The summed E-state index contributed by atoms with van der Waals surface area (Å²) >= 11 is 0. The lowest BCUT2D eigenvalue weighted by Crippen LogP contribution is -2.69. The van der Waals surface area contributed by atoms with Crippen molar-refractivity contribution in [3.8, 4) is 5.75 Å². The van der Waals surface area contributed by atoms with E-state index in [4.69, 9.17) is 18.9 Å². The van der Waals surface area contributed by atoms with Gasteiger partial charge >= 0.3 is 0 Å². The van der Waals surface area contributed by atoms with Crippen LogP contribution in [0.25, 0.3) is 0 Å². The van der Waals surface area contributed by atoms with Gasteiger partial charge in [-0.25, -0.2) is 0 Å². The molecule has 0 spiro atoms. The van der Waals surface area contributed by atoms with E-state index in [-0.39, 0.29) is 12.5 Å². The number of carbonyl (C=O) groups excluding carboxylic acids is 1. The van der Waals surface area contributed by atoms with E-state index in [0.717, 1.165) is 5.56 Å². The number of hydrogen-bond donors (Lipinski definition) is 2. The fraction of sp³-hybridized carbons (Fsp3) is 0.611. The molecule has 5 atom stereocenters. The van der Waals surface area contributed by atoms with Crippen LogP contribution in [0.15, 0.2) is 24.3 Å². The Morgan fingerprint density at radius 3 is 2.76 bits per heavy atom. The van der Waals surface area contributed by atoms with E-state index in [9.17, 15) is 9.90 Å². The fourth-order valence-corrected chi connectivity index (χ4v) is 3.15. The minimum Gasteiger partial charge on any atom is -0.462 e. The van der Waals surface area contributed by atoms with Gasteiger partial charge in [0.15, 0.2) is 5.79 Å². The van der Waals surface area contributed by atoms with Crippen molar-refractivity contribution in [2.75, 3.05) is 6.61 Å². The number of aliphatic hydroxyl groups is 1. The van der Waals surface area contributed by atoms with Gasteiger partial charge in [-0.15, -0.1) is 0 Å². The van der Waals surface area contributed by atoms with Crippen molar-refractivity contribution in [3.63, 3.8) is 0 Å². The lowest BCUT2D eigenvalue weighted by Gasteiger charge is -2.49. The normalized spacial score (nSPS) is 34.0. The molecule has 2 heterocycles. The second-order valence-electron chi connectivity index (χ2n) is 6.94. The van der Waals surface area contributed by atoms with Crippen LogP contribution in [-0.4, -0.2) is 54.1 Å². The Morgan fingerprint density at radius 2 is 2.08 bits per heavy atom. The predicted molar refractivity (Wildman–Crippen MR) is 89.0 cm³/mol. The van der Waals surface area contributed by atoms with Crippen molar-refractivity contribution >= 4 is 5.91 Å². The smallest absolute Gasteiger partial charge is 0.223 e. The molecule has 0 saturated carbocycles. The lowest BCUT2D eigenvalue weighted by molar-refractivity contribution is -0.361. The number of aryl methyl sites for hydroxylation is 1. The molecular weight excluding hydrogens is 326 g/mol. The highest BCUT2D eigenvalue weighted by molar-refractivity contribution is 5.73. The average Bonchev–Trinajstić information content (AvgIpc) is 2.53. The third-order valence-corrected chi connectivity index (χ3v) is 4.39. The van der Waals surface area contributed by atoms with Crippen LogP contribution in [0.5, 0.6) is 5.75 Å². The quantitative estimate of drug-likeness (QED) is 0.849. The summed E-state index contributed by atoms with van der Waals surface area (Å²) in [5.41, 5.74) is 0.932. The Morgan fingerprint density at radius 1 is 1.36 bits per heavy atom. The van der Waals surface area contributed by atoms with Gasteiger partial charge in [-0.2, -0.15) is 0 Å². The Kier molecular flexibility index (Phi) is 5.02. The Labute approximate surface area is 147 Å². The van der Waals surface area contributed by atoms with Gasteiger partial charge in [0.1, 0.15) is 30.1 Å². The van der Waals surface area contributed by atoms with Gasteiger partial charge < -0.3 is 29.4 Å². The molecule has 138 valence electrons. The number of fused-ring (bicyclic) bond motifs is 1. The zero-order valence-corrected chi connectivity index (χ0v) is 14.9. The molecule has 2 fully saturated rings. The summed E-state index contributed by atoms with van der Waals surface area (Å²) in [6, 6.07) is 6.74. The van der Waals surface area contributed by atoms with Crippen molar-refractivity contribution in [1.29, 1.82) is 0 Å². The van der Waals surface area contributed by atoms with Gasteiger partial charge in [0.2, 0.25) is 12.2 Å². The zero-order chi connectivity index (χ0) is 18.2. The number of carbonyl (C=O) groups is 1. The van der Waals surface area contributed by atoms with E-state index in [2.05, 4.69) is 5.32 Å². The van der Waals surface area contributed by atoms with Crippen molar-refractivity contribution in [1.82, 2.24) is 5.32 Å². The average molecular weight is 351 g/mol. The molecule has 1 aromatic rings. The van der Waals surface area contributed by atoms with Crippen LogP contribution >= 0.6 is 0 Å². The predicted octanol–water partition coefficient (Wildman–Crippen LogP) is 1.12. The maximum atomic E-state index is 11.6. The number of ether oxygens (including phenoxy) is 4. The Bertz CT molecular complexity index is 634. The molecule has 2 N–H and O–H groups in total. The number of rotatable bonds is 3. The van der Waals surface area contributed by atoms with Gasteiger partial charge in [-0.05, 0) is 32.4 Å². The summed E-state index contributed by atoms with van der Waals surface area (Å²) in [5.74, 6) is -0.474. The first-order chi connectivity index (χ1) is 11.8. The SMILES string of the molecule is CC(=O)N[C@H]1[C@H](Oc2ccccc2C)O[C@@H]2COC(C)(C)O[C@H]2[C@@H]1O.